The van der Waals surface area contributed by atoms with Gasteiger partial charge >= 0.3 is 6.03 Å². The number of benzene rings is 3. The van der Waals surface area contributed by atoms with Crippen LogP contribution in [0.2, 0.25) is 0 Å². The van der Waals surface area contributed by atoms with Crippen molar-refractivity contribution in [2.75, 3.05) is 36.4 Å². The molecule has 1 fully saturated rings. The number of hydroxylamine groups is 1. The molecule has 3 aromatic carbocycles. The molecule has 0 radical (unpaired) electrons. The van der Waals surface area contributed by atoms with Gasteiger partial charge in [-0.1, -0.05) is 36.4 Å². The van der Waals surface area contributed by atoms with Crippen LogP contribution < -0.4 is 15.7 Å². The largest absolute Gasteiger partial charge is 0.362 e. The standard InChI is InChI=1S/C22H21N5O5/c28-21(24-30)16-8-9-19(20(14-16)27(31)32)25-10-12-26(13-11-25)22(29)23-18-7-3-5-15-4-1-2-6-17(15)18/h1-9,14,30H,10-13H2,(H,23,29)(H,24,28). The molecule has 3 amide bonds. The molecule has 1 saturated heterocycles. The van der Waals surface area contributed by atoms with Gasteiger partial charge in [0.15, 0.2) is 0 Å². The van der Waals surface area contributed by atoms with Gasteiger partial charge in [-0.15, -0.1) is 0 Å². The van der Waals surface area contributed by atoms with Crippen LogP contribution in [0.1, 0.15) is 10.4 Å². The fourth-order valence-corrected chi connectivity index (χ4v) is 3.82. The highest BCUT2D eigenvalue weighted by Crippen LogP contribution is 2.30. The molecule has 0 spiro atoms. The van der Waals surface area contributed by atoms with Crippen molar-refractivity contribution in [2.24, 2.45) is 0 Å². The maximum Gasteiger partial charge on any atom is 0.321 e. The first-order valence-electron chi connectivity index (χ1n) is 9.99. The Kier molecular flexibility index (Phi) is 5.86. The van der Waals surface area contributed by atoms with E-state index in [1.54, 1.807) is 9.80 Å². The first-order valence-corrected chi connectivity index (χ1v) is 9.99. The maximum atomic E-state index is 12.8. The zero-order chi connectivity index (χ0) is 22.7. The predicted molar refractivity (Wildman–Crippen MR) is 119 cm³/mol. The van der Waals surface area contributed by atoms with Crippen molar-refractivity contribution >= 4 is 39.8 Å². The molecule has 3 N–H and O–H groups in total. The van der Waals surface area contributed by atoms with Crippen LogP contribution in [-0.4, -0.2) is 53.1 Å². The highest BCUT2D eigenvalue weighted by Gasteiger charge is 2.27. The number of nitro groups is 1. The Morgan fingerprint density at radius 3 is 2.41 bits per heavy atom. The van der Waals surface area contributed by atoms with E-state index >= 15 is 0 Å². The number of anilines is 2. The van der Waals surface area contributed by atoms with Crippen LogP contribution in [-0.2, 0) is 0 Å². The first kappa shape index (κ1) is 21.1. The summed E-state index contributed by atoms with van der Waals surface area (Å²) in [5, 5.41) is 25.2. The van der Waals surface area contributed by atoms with Crippen LogP contribution in [0.5, 0.6) is 0 Å². The Bertz CT molecular complexity index is 1190. The van der Waals surface area contributed by atoms with Crippen molar-refractivity contribution in [1.29, 1.82) is 0 Å². The molecule has 0 bridgehead atoms. The number of nitro benzene ring substituents is 1. The molecule has 10 heteroatoms. The number of amides is 3. The molecule has 1 aliphatic rings. The van der Waals surface area contributed by atoms with Crippen molar-refractivity contribution in [3.05, 3.63) is 76.3 Å². The van der Waals surface area contributed by atoms with Crippen molar-refractivity contribution in [3.63, 3.8) is 0 Å². The number of nitrogens with zero attached hydrogens (tertiary/aromatic N) is 3. The number of fused-ring (bicyclic) bond motifs is 1. The molecule has 4 rings (SSSR count). The topological polar surface area (TPSA) is 128 Å². The normalized spacial score (nSPS) is 13.7. The summed E-state index contributed by atoms with van der Waals surface area (Å²) in [5.74, 6) is -0.824. The van der Waals surface area contributed by atoms with Gasteiger partial charge in [-0.25, -0.2) is 10.3 Å². The SMILES string of the molecule is O=C(NO)c1ccc(N2CCN(C(=O)Nc3cccc4ccccc34)CC2)c([N+](=O)[O-])c1. The van der Waals surface area contributed by atoms with Crippen LogP contribution in [0.4, 0.5) is 21.9 Å². The lowest BCUT2D eigenvalue weighted by atomic mass is 10.1. The lowest BCUT2D eigenvalue weighted by Gasteiger charge is -2.35. The lowest BCUT2D eigenvalue weighted by Crippen LogP contribution is -2.50. The molecule has 0 aromatic heterocycles. The number of hydrogen-bond donors (Lipinski definition) is 3. The molecular formula is C22H21N5O5. The maximum absolute atomic E-state index is 12.8. The minimum Gasteiger partial charge on any atom is -0.362 e. The van der Waals surface area contributed by atoms with Crippen molar-refractivity contribution in [1.82, 2.24) is 10.4 Å². The molecular weight excluding hydrogens is 414 g/mol. The zero-order valence-electron chi connectivity index (χ0n) is 17.0. The Morgan fingerprint density at radius 2 is 1.69 bits per heavy atom. The number of piperazine rings is 1. The van der Waals surface area contributed by atoms with E-state index in [1.807, 2.05) is 42.5 Å². The quantitative estimate of drug-likeness (QED) is 0.328. The van der Waals surface area contributed by atoms with E-state index in [1.165, 1.54) is 17.6 Å². The molecule has 0 unspecified atom stereocenters. The number of nitrogens with one attached hydrogen (secondary N) is 2. The molecule has 32 heavy (non-hydrogen) atoms. The van der Waals surface area contributed by atoms with Gasteiger partial charge in [0, 0.05) is 43.2 Å². The van der Waals surface area contributed by atoms with Gasteiger partial charge in [0.25, 0.3) is 11.6 Å². The summed E-state index contributed by atoms with van der Waals surface area (Å²) >= 11 is 0. The van der Waals surface area contributed by atoms with Crippen molar-refractivity contribution in [2.45, 2.75) is 0 Å². The fourth-order valence-electron chi connectivity index (χ4n) is 3.82. The van der Waals surface area contributed by atoms with Gasteiger partial charge in [0.05, 0.1) is 10.6 Å². The highest BCUT2D eigenvalue weighted by molar-refractivity contribution is 6.01. The third-order valence-electron chi connectivity index (χ3n) is 5.47. The summed E-state index contributed by atoms with van der Waals surface area (Å²) in [4.78, 5) is 38.8. The second-order valence-electron chi connectivity index (χ2n) is 7.33. The lowest BCUT2D eigenvalue weighted by molar-refractivity contribution is -0.384. The summed E-state index contributed by atoms with van der Waals surface area (Å²) in [6.07, 6.45) is 0. The number of rotatable bonds is 4. The van der Waals surface area contributed by atoms with Crippen LogP contribution in [0.3, 0.4) is 0 Å². The number of carbonyl (C=O) groups excluding carboxylic acids is 2. The average Bonchev–Trinajstić information content (AvgIpc) is 2.83. The van der Waals surface area contributed by atoms with Gasteiger partial charge in [0.2, 0.25) is 0 Å². The van der Waals surface area contributed by atoms with E-state index in [4.69, 9.17) is 5.21 Å². The Balaban J connectivity index is 1.45. The van der Waals surface area contributed by atoms with Crippen LogP contribution in [0.25, 0.3) is 10.8 Å². The third kappa shape index (κ3) is 4.16. The molecule has 1 aliphatic heterocycles. The number of urea groups is 1. The zero-order valence-corrected chi connectivity index (χ0v) is 17.0. The molecule has 0 saturated carbocycles. The molecule has 0 atom stereocenters. The minimum absolute atomic E-state index is 0.0175. The second-order valence-corrected chi connectivity index (χ2v) is 7.33. The van der Waals surface area contributed by atoms with Crippen LogP contribution in [0, 0.1) is 10.1 Å². The molecule has 164 valence electrons. The van der Waals surface area contributed by atoms with Gasteiger partial charge in [-0.2, -0.15) is 0 Å². The van der Waals surface area contributed by atoms with Gasteiger partial charge in [-0.05, 0) is 23.6 Å². The predicted octanol–water partition coefficient (Wildman–Crippen LogP) is 3.22. The van der Waals surface area contributed by atoms with E-state index < -0.39 is 10.8 Å². The summed E-state index contributed by atoms with van der Waals surface area (Å²) < 4.78 is 0. The van der Waals surface area contributed by atoms with E-state index in [9.17, 15) is 19.7 Å². The van der Waals surface area contributed by atoms with E-state index in [2.05, 4.69) is 5.32 Å². The molecule has 1 heterocycles. The minimum atomic E-state index is -0.824. The molecule has 10 nitrogen and oxygen atoms in total. The summed E-state index contributed by atoms with van der Waals surface area (Å²) in [7, 11) is 0. The van der Waals surface area contributed by atoms with E-state index in [0.29, 0.717) is 31.9 Å². The Morgan fingerprint density at radius 1 is 0.969 bits per heavy atom. The average molecular weight is 435 g/mol. The second kappa shape index (κ2) is 8.90. The summed E-state index contributed by atoms with van der Waals surface area (Å²) in [5.41, 5.74) is 2.30. The smallest absolute Gasteiger partial charge is 0.321 e. The summed E-state index contributed by atoms with van der Waals surface area (Å²) in [6, 6.07) is 17.3. The van der Waals surface area contributed by atoms with Gasteiger partial charge in [-0.3, -0.25) is 20.1 Å². The highest BCUT2D eigenvalue weighted by atomic mass is 16.6. The molecule has 0 aliphatic carbocycles. The van der Waals surface area contributed by atoms with Crippen LogP contribution >= 0.6 is 0 Å². The summed E-state index contributed by atoms with van der Waals surface area (Å²) in [6.45, 7) is 1.56. The fraction of sp³-hybridized carbons (Fsp3) is 0.182. The van der Waals surface area contributed by atoms with Gasteiger partial charge in [0.1, 0.15) is 5.69 Å². The van der Waals surface area contributed by atoms with E-state index in [0.717, 1.165) is 22.5 Å². The van der Waals surface area contributed by atoms with Gasteiger partial charge < -0.3 is 15.1 Å². The van der Waals surface area contributed by atoms with Crippen molar-refractivity contribution < 1.29 is 19.7 Å². The third-order valence-corrected chi connectivity index (χ3v) is 5.47. The van der Waals surface area contributed by atoms with E-state index in [-0.39, 0.29) is 17.3 Å². The van der Waals surface area contributed by atoms with Crippen molar-refractivity contribution in [3.8, 4) is 0 Å². The molecule has 3 aromatic rings. The first-order chi connectivity index (χ1) is 15.5. The number of hydrogen-bond acceptors (Lipinski definition) is 6. The number of carbonyl (C=O) groups is 2. The Hall–Kier alpha value is -4.18. The monoisotopic (exact) mass is 435 g/mol. The Labute approximate surface area is 183 Å². The van der Waals surface area contributed by atoms with Crippen LogP contribution in [0.15, 0.2) is 60.7 Å².